The molecule has 82 valence electrons. The van der Waals surface area contributed by atoms with Gasteiger partial charge in [0.25, 0.3) is 0 Å². The maximum Gasteiger partial charge on any atom is 0.246 e. The van der Waals surface area contributed by atoms with Crippen molar-refractivity contribution in [3.05, 3.63) is 0 Å². The van der Waals surface area contributed by atoms with Crippen LogP contribution in [0, 0.1) is 0 Å². The summed E-state index contributed by atoms with van der Waals surface area (Å²) < 4.78 is 4.74. The number of methoxy groups -OCH3 is 1. The third kappa shape index (κ3) is 3.64. The molecule has 1 N–H and O–H groups in total. The number of nitrogens with one attached hydrogen (secondary N) is 1. The Kier molecular flexibility index (Phi) is 4.90. The number of hydrogen-bond donors (Lipinski definition) is 1. The van der Waals surface area contributed by atoms with Gasteiger partial charge in [0.2, 0.25) is 5.91 Å². The summed E-state index contributed by atoms with van der Waals surface area (Å²) in [4.78, 5) is 13.5. The molecule has 1 aliphatic rings. The van der Waals surface area contributed by atoms with Gasteiger partial charge in [-0.3, -0.25) is 9.69 Å². The number of ether oxygens (including phenoxy) is 1. The quantitative estimate of drug-likeness (QED) is 0.691. The average molecular weight is 200 g/mol. The van der Waals surface area contributed by atoms with E-state index in [0.29, 0.717) is 6.04 Å². The minimum absolute atomic E-state index is 0.0291. The Bertz CT molecular complexity index is 179. The summed E-state index contributed by atoms with van der Waals surface area (Å²) in [5.41, 5.74) is 0. The van der Waals surface area contributed by atoms with Crippen molar-refractivity contribution in [2.75, 3.05) is 33.4 Å². The van der Waals surface area contributed by atoms with Gasteiger partial charge in [0.15, 0.2) is 0 Å². The van der Waals surface area contributed by atoms with E-state index in [-0.39, 0.29) is 12.5 Å². The van der Waals surface area contributed by atoms with Gasteiger partial charge in [0.1, 0.15) is 6.61 Å². The Morgan fingerprint density at radius 2 is 2.14 bits per heavy atom. The maximum atomic E-state index is 11.1. The predicted molar refractivity (Wildman–Crippen MR) is 55.2 cm³/mol. The molecule has 0 aromatic heterocycles. The van der Waals surface area contributed by atoms with Gasteiger partial charge in [-0.05, 0) is 32.9 Å². The van der Waals surface area contributed by atoms with Crippen LogP contribution in [0.15, 0.2) is 0 Å². The SMILES string of the molecule is COCC(=O)NCC(C)N1CCCC1. The molecule has 0 aromatic rings. The number of likely N-dealkylation sites (tertiary alicyclic amines) is 1. The van der Waals surface area contributed by atoms with Crippen LogP contribution in [-0.2, 0) is 9.53 Å². The average Bonchev–Trinajstić information content (AvgIpc) is 2.67. The Morgan fingerprint density at radius 1 is 1.50 bits per heavy atom. The van der Waals surface area contributed by atoms with Gasteiger partial charge >= 0.3 is 0 Å². The Morgan fingerprint density at radius 3 is 2.71 bits per heavy atom. The van der Waals surface area contributed by atoms with Crippen LogP contribution < -0.4 is 5.32 Å². The molecule has 1 rings (SSSR count). The van der Waals surface area contributed by atoms with Crippen LogP contribution >= 0.6 is 0 Å². The molecule has 1 atom stereocenters. The lowest BCUT2D eigenvalue weighted by Gasteiger charge is -2.23. The molecule has 0 aliphatic carbocycles. The van der Waals surface area contributed by atoms with Gasteiger partial charge in [0, 0.05) is 19.7 Å². The highest BCUT2D eigenvalue weighted by Crippen LogP contribution is 2.10. The molecule has 1 aliphatic heterocycles. The zero-order chi connectivity index (χ0) is 10.4. The summed E-state index contributed by atoms with van der Waals surface area (Å²) >= 11 is 0. The van der Waals surface area contributed by atoms with Crippen molar-refractivity contribution < 1.29 is 9.53 Å². The first-order valence-electron chi connectivity index (χ1n) is 5.23. The zero-order valence-electron chi connectivity index (χ0n) is 9.08. The second-order valence-corrected chi connectivity index (χ2v) is 3.83. The largest absolute Gasteiger partial charge is 0.375 e. The van der Waals surface area contributed by atoms with E-state index < -0.39 is 0 Å². The molecule has 0 radical (unpaired) electrons. The molecule has 0 spiro atoms. The topological polar surface area (TPSA) is 41.6 Å². The van der Waals surface area contributed by atoms with Gasteiger partial charge < -0.3 is 10.1 Å². The third-order valence-corrected chi connectivity index (χ3v) is 2.63. The molecule has 4 heteroatoms. The van der Waals surface area contributed by atoms with Gasteiger partial charge in [-0.2, -0.15) is 0 Å². The summed E-state index contributed by atoms with van der Waals surface area (Å²) in [6.07, 6.45) is 2.58. The maximum absolute atomic E-state index is 11.1. The fourth-order valence-electron chi connectivity index (χ4n) is 1.76. The van der Waals surface area contributed by atoms with Crippen molar-refractivity contribution in [1.82, 2.24) is 10.2 Å². The van der Waals surface area contributed by atoms with E-state index in [1.165, 1.54) is 33.0 Å². The van der Waals surface area contributed by atoms with Crippen molar-refractivity contribution in [2.24, 2.45) is 0 Å². The second kappa shape index (κ2) is 5.98. The van der Waals surface area contributed by atoms with Crippen molar-refractivity contribution in [3.8, 4) is 0 Å². The fourth-order valence-corrected chi connectivity index (χ4v) is 1.76. The molecular weight excluding hydrogens is 180 g/mol. The number of carbonyl (C=O) groups is 1. The summed E-state index contributed by atoms with van der Waals surface area (Å²) in [7, 11) is 1.53. The van der Waals surface area contributed by atoms with E-state index in [9.17, 15) is 4.79 Å². The number of amides is 1. The van der Waals surface area contributed by atoms with Gasteiger partial charge in [-0.15, -0.1) is 0 Å². The van der Waals surface area contributed by atoms with Gasteiger partial charge in [0.05, 0.1) is 0 Å². The highest BCUT2D eigenvalue weighted by Gasteiger charge is 2.17. The number of carbonyl (C=O) groups excluding carboxylic acids is 1. The Balaban J connectivity index is 2.13. The first-order chi connectivity index (χ1) is 6.74. The molecular formula is C10H20N2O2. The predicted octanol–water partition coefficient (Wildman–Crippen LogP) is 0.233. The normalized spacial score (nSPS) is 19.6. The van der Waals surface area contributed by atoms with Crippen LogP contribution in [0.1, 0.15) is 19.8 Å². The minimum atomic E-state index is -0.0291. The third-order valence-electron chi connectivity index (χ3n) is 2.63. The van der Waals surface area contributed by atoms with Crippen LogP contribution in [0.5, 0.6) is 0 Å². The van der Waals surface area contributed by atoms with Gasteiger partial charge in [-0.1, -0.05) is 0 Å². The van der Waals surface area contributed by atoms with Gasteiger partial charge in [-0.25, -0.2) is 0 Å². The molecule has 1 fully saturated rings. The Labute approximate surface area is 85.6 Å². The summed E-state index contributed by atoms with van der Waals surface area (Å²) in [6, 6.07) is 0.443. The highest BCUT2D eigenvalue weighted by molar-refractivity contribution is 5.77. The molecule has 0 bridgehead atoms. The first kappa shape index (κ1) is 11.5. The van der Waals surface area contributed by atoms with Crippen molar-refractivity contribution >= 4 is 5.91 Å². The summed E-state index contributed by atoms with van der Waals surface area (Å²) in [5.74, 6) is -0.0291. The molecule has 14 heavy (non-hydrogen) atoms. The summed E-state index contributed by atoms with van der Waals surface area (Å²) in [5, 5.41) is 2.85. The van der Waals surface area contributed by atoms with Crippen LogP contribution in [-0.4, -0.2) is 50.2 Å². The Hall–Kier alpha value is -0.610. The van der Waals surface area contributed by atoms with E-state index in [2.05, 4.69) is 17.1 Å². The van der Waals surface area contributed by atoms with Crippen LogP contribution in [0.3, 0.4) is 0 Å². The lowest BCUT2D eigenvalue weighted by atomic mass is 10.3. The van der Waals surface area contributed by atoms with E-state index in [1.54, 1.807) is 0 Å². The molecule has 0 aromatic carbocycles. The molecule has 4 nitrogen and oxygen atoms in total. The lowest BCUT2D eigenvalue weighted by Crippen LogP contribution is -2.41. The fraction of sp³-hybridized carbons (Fsp3) is 0.900. The zero-order valence-corrected chi connectivity index (χ0v) is 9.08. The van der Waals surface area contributed by atoms with Crippen molar-refractivity contribution in [3.63, 3.8) is 0 Å². The van der Waals surface area contributed by atoms with Crippen molar-refractivity contribution in [1.29, 1.82) is 0 Å². The molecule has 0 saturated carbocycles. The minimum Gasteiger partial charge on any atom is -0.375 e. The van der Waals surface area contributed by atoms with E-state index in [4.69, 9.17) is 4.74 Å². The first-order valence-corrected chi connectivity index (χ1v) is 5.23. The number of nitrogens with zero attached hydrogens (tertiary/aromatic N) is 1. The van der Waals surface area contributed by atoms with E-state index in [1.807, 2.05) is 0 Å². The smallest absolute Gasteiger partial charge is 0.246 e. The second-order valence-electron chi connectivity index (χ2n) is 3.83. The van der Waals surface area contributed by atoms with Crippen molar-refractivity contribution in [2.45, 2.75) is 25.8 Å². The monoisotopic (exact) mass is 200 g/mol. The standard InChI is InChI=1S/C10H20N2O2/c1-9(12-5-3-4-6-12)7-11-10(13)8-14-2/h9H,3-8H2,1-2H3,(H,11,13). The van der Waals surface area contributed by atoms with Crippen LogP contribution in [0.2, 0.25) is 0 Å². The van der Waals surface area contributed by atoms with Crippen LogP contribution in [0.4, 0.5) is 0 Å². The van der Waals surface area contributed by atoms with E-state index >= 15 is 0 Å². The summed E-state index contributed by atoms with van der Waals surface area (Å²) in [6.45, 7) is 5.37. The lowest BCUT2D eigenvalue weighted by molar-refractivity contribution is -0.124. The molecule has 1 heterocycles. The molecule has 1 amide bonds. The highest BCUT2D eigenvalue weighted by atomic mass is 16.5. The molecule has 1 saturated heterocycles. The molecule has 1 unspecified atom stereocenters. The number of hydrogen-bond acceptors (Lipinski definition) is 3. The van der Waals surface area contributed by atoms with E-state index in [0.717, 1.165) is 6.54 Å². The number of rotatable bonds is 5. The van der Waals surface area contributed by atoms with Crippen LogP contribution in [0.25, 0.3) is 0 Å².